The van der Waals surface area contributed by atoms with Crippen LogP contribution in [0.5, 0.6) is 0 Å². The van der Waals surface area contributed by atoms with E-state index < -0.39 is 0 Å². The van der Waals surface area contributed by atoms with E-state index in [4.69, 9.17) is 11.6 Å². The molecule has 0 aromatic heterocycles. The van der Waals surface area contributed by atoms with Crippen molar-refractivity contribution in [3.63, 3.8) is 0 Å². The highest BCUT2D eigenvalue weighted by Crippen LogP contribution is 2.61. The molecule has 0 aliphatic heterocycles. The molecule has 0 atom stereocenters. The third kappa shape index (κ3) is 1.52. The predicted octanol–water partition coefficient (Wildman–Crippen LogP) is 1.82. The average molecular weight is 207 g/mol. The summed E-state index contributed by atoms with van der Waals surface area (Å²) in [7, 11) is 0. The summed E-state index contributed by atoms with van der Waals surface area (Å²) in [4.78, 5) is 0. The molecule has 4 aliphatic rings. The van der Waals surface area contributed by atoms with Crippen molar-refractivity contribution < 1.29 is 0 Å². The SMILES string of the molecule is NN=C(N)CC12CC3CC(CC(C3)C1)C2. The van der Waals surface area contributed by atoms with Crippen LogP contribution in [0.25, 0.3) is 0 Å². The number of hydrazone groups is 1. The maximum absolute atomic E-state index is 5.82. The van der Waals surface area contributed by atoms with Crippen LogP contribution in [0.15, 0.2) is 5.10 Å². The molecule has 0 unspecified atom stereocenters. The van der Waals surface area contributed by atoms with E-state index in [9.17, 15) is 0 Å². The average Bonchev–Trinajstić information content (AvgIpc) is 2.14. The van der Waals surface area contributed by atoms with Crippen LogP contribution in [0.4, 0.5) is 0 Å². The molecule has 4 saturated carbocycles. The number of hydrogen-bond acceptors (Lipinski definition) is 2. The largest absolute Gasteiger partial charge is 0.386 e. The zero-order valence-electron chi connectivity index (χ0n) is 9.28. The normalized spacial score (nSPS) is 48.5. The van der Waals surface area contributed by atoms with Gasteiger partial charge in [-0.3, -0.25) is 0 Å². The quantitative estimate of drug-likeness (QED) is 0.314. The summed E-state index contributed by atoms with van der Waals surface area (Å²) in [5.74, 6) is 8.89. The fraction of sp³-hybridized carbons (Fsp3) is 0.917. The molecule has 0 aromatic carbocycles. The van der Waals surface area contributed by atoms with Crippen LogP contribution >= 0.6 is 0 Å². The molecule has 0 amide bonds. The molecule has 84 valence electrons. The molecule has 4 aliphatic carbocycles. The van der Waals surface area contributed by atoms with Gasteiger partial charge in [-0.25, -0.2) is 0 Å². The van der Waals surface area contributed by atoms with Gasteiger partial charge in [-0.2, -0.15) is 5.10 Å². The molecule has 0 aromatic rings. The van der Waals surface area contributed by atoms with Gasteiger partial charge >= 0.3 is 0 Å². The minimum absolute atomic E-state index is 0.488. The molecule has 4 rings (SSSR count). The standard InChI is InChI=1S/C12H21N3/c13-11(15-14)7-12-4-8-1-9(5-12)3-10(2-8)6-12/h8-10H,1-7,14H2,(H2,13,15). The first kappa shape index (κ1) is 9.49. The second-order valence-electron chi connectivity index (χ2n) is 6.21. The Balaban J connectivity index is 1.81. The molecule has 3 heteroatoms. The van der Waals surface area contributed by atoms with Gasteiger partial charge in [0, 0.05) is 6.42 Å². The first-order valence-electron chi connectivity index (χ1n) is 6.21. The van der Waals surface area contributed by atoms with Crippen LogP contribution in [-0.2, 0) is 0 Å². The Labute approximate surface area is 91.3 Å². The van der Waals surface area contributed by atoms with Crippen LogP contribution in [0.1, 0.15) is 44.9 Å². The lowest BCUT2D eigenvalue weighted by molar-refractivity contribution is -0.0483. The maximum Gasteiger partial charge on any atom is 0.119 e. The summed E-state index contributed by atoms with van der Waals surface area (Å²) in [6.07, 6.45) is 9.56. The first-order valence-corrected chi connectivity index (χ1v) is 6.21. The number of nitrogens with two attached hydrogens (primary N) is 2. The lowest BCUT2D eigenvalue weighted by Gasteiger charge is -2.56. The number of amidine groups is 1. The van der Waals surface area contributed by atoms with Crippen molar-refractivity contribution >= 4 is 5.84 Å². The molecule has 3 nitrogen and oxygen atoms in total. The van der Waals surface area contributed by atoms with Crippen LogP contribution in [0.3, 0.4) is 0 Å². The number of nitrogens with zero attached hydrogens (tertiary/aromatic N) is 1. The van der Waals surface area contributed by atoms with E-state index in [2.05, 4.69) is 5.10 Å². The zero-order valence-corrected chi connectivity index (χ0v) is 9.28. The Kier molecular flexibility index (Phi) is 1.98. The molecule has 4 N–H and O–H groups in total. The number of rotatable bonds is 2. The molecule has 0 radical (unpaired) electrons. The Morgan fingerprint density at radius 2 is 1.53 bits per heavy atom. The second-order valence-corrected chi connectivity index (χ2v) is 6.21. The van der Waals surface area contributed by atoms with E-state index in [0.29, 0.717) is 11.3 Å². The summed E-state index contributed by atoms with van der Waals surface area (Å²) in [6.45, 7) is 0. The summed E-state index contributed by atoms with van der Waals surface area (Å²) in [5, 5.41) is 3.66. The van der Waals surface area contributed by atoms with Gasteiger partial charge in [0.05, 0.1) is 0 Å². The second kappa shape index (κ2) is 3.13. The lowest BCUT2D eigenvalue weighted by Crippen LogP contribution is -2.47. The Bertz CT molecular complexity index is 260. The van der Waals surface area contributed by atoms with Crippen LogP contribution < -0.4 is 11.6 Å². The van der Waals surface area contributed by atoms with E-state index >= 15 is 0 Å². The van der Waals surface area contributed by atoms with Crippen molar-refractivity contribution in [2.75, 3.05) is 0 Å². The Hall–Kier alpha value is -0.730. The first-order chi connectivity index (χ1) is 7.19. The van der Waals surface area contributed by atoms with Crippen molar-refractivity contribution in [1.82, 2.24) is 0 Å². The van der Waals surface area contributed by atoms with Crippen LogP contribution in [-0.4, -0.2) is 5.84 Å². The fourth-order valence-corrected chi connectivity index (χ4v) is 4.94. The van der Waals surface area contributed by atoms with Gasteiger partial charge < -0.3 is 11.6 Å². The lowest BCUT2D eigenvalue weighted by atomic mass is 9.49. The zero-order chi connectivity index (χ0) is 10.5. The van der Waals surface area contributed by atoms with Gasteiger partial charge in [0.2, 0.25) is 0 Å². The number of hydrogen-bond donors (Lipinski definition) is 2. The van der Waals surface area contributed by atoms with Gasteiger partial charge in [0.25, 0.3) is 0 Å². The van der Waals surface area contributed by atoms with E-state index in [-0.39, 0.29) is 0 Å². The highest BCUT2D eigenvalue weighted by molar-refractivity contribution is 5.80. The van der Waals surface area contributed by atoms with Crippen molar-refractivity contribution in [2.45, 2.75) is 44.9 Å². The van der Waals surface area contributed by atoms with Gasteiger partial charge in [-0.05, 0) is 61.7 Å². The van der Waals surface area contributed by atoms with E-state index in [1.54, 1.807) is 0 Å². The highest BCUT2D eigenvalue weighted by atomic mass is 15.2. The van der Waals surface area contributed by atoms with E-state index in [0.717, 1.165) is 24.2 Å². The minimum atomic E-state index is 0.488. The topological polar surface area (TPSA) is 64.4 Å². The van der Waals surface area contributed by atoms with Crippen molar-refractivity contribution in [3.05, 3.63) is 0 Å². The van der Waals surface area contributed by atoms with Crippen LogP contribution in [0, 0.1) is 23.2 Å². The van der Waals surface area contributed by atoms with Gasteiger partial charge in [0.15, 0.2) is 0 Å². The summed E-state index contributed by atoms with van der Waals surface area (Å²) < 4.78 is 0. The monoisotopic (exact) mass is 207 g/mol. The fourth-order valence-electron chi connectivity index (χ4n) is 4.94. The van der Waals surface area contributed by atoms with Crippen molar-refractivity contribution in [3.8, 4) is 0 Å². The van der Waals surface area contributed by atoms with Crippen molar-refractivity contribution in [1.29, 1.82) is 0 Å². The van der Waals surface area contributed by atoms with Crippen molar-refractivity contribution in [2.24, 2.45) is 39.8 Å². The molecule has 0 saturated heterocycles. The Morgan fingerprint density at radius 3 is 1.93 bits per heavy atom. The molecular weight excluding hydrogens is 186 g/mol. The molecule has 15 heavy (non-hydrogen) atoms. The van der Waals surface area contributed by atoms with Crippen LogP contribution in [0.2, 0.25) is 0 Å². The Morgan fingerprint density at radius 1 is 1.07 bits per heavy atom. The van der Waals surface area contributed by atoms with Gasteiger partial charge in [-0.1, -0.05) is 0 Å². The third-order valence-corrected chi connectivity index (χ3v) is 4.89. The molecular formula is C12H21N3. The molecule has 0 heterocycles. The smallest absolute Gasteiger partial charge is 0.119 e. The van der Waals surface area contributed by atoms with E-state index in [1.165, 1.54) is 38.5 Å². The molecule has 4 fully saturated rings. The summed E-state index contributed by atoms with van der Waals surface area (Å²) in [6, 6.07) is 0. The molecule has 4 bridgehead atoms. The summed E-state index contributed by atoms with van der Waals surface area (Å²) >= 11 is 0. The minimum Gasteiger partial charge on any atom is -0.386 e. The van der Waals surface area contributed by atoms with E-state index in [1.807, 2.05) is 0 Å². The summed E-state index contributed by atoms with van der Waals surface area (Å²) in [5.41, 5.74) is 6.31. The van der Waals surface area contributed by atoms with Gasteiger partial charge in [-0.15, -0.1) is 0 Å². The predicted molar refractivity (Wildman–Crippen MR) is 61.0 cm³/mol. The highest BCUT2D eigenvalue weighted by Gasteiger charge is 2.50. The molecule has 0 spiro atoms. The van der Waals surface area contributed by atoms with Gasteiger partial charge in [0.1, 0.15) is 5.84 Å². The third-order valence-electron chi connectivity index (χ3n) is 4.89. The maximum atomic E-state index is 5.82.